The van der Waals surface area contributed by atoms with Gasteiger partial charge >= 0.3 is 0 Å². The summed E-state index contributed by atoms with van der Waals surface area (Å²) in [6.45, 7) is 8.26. The van der Waals surface area contributed by atoms with Crippen LogP contribution in [0, 0.1) is 0 Å². The molecule has 0 aliphatic carbocycles. The summed E-state index contributed by atoms with van der Waals surface area (Å²) in [6.07, 6.45) is 0. The van der Waals surface area contributed by atoms with Gasteiger partial charge in [0.1, 0.15) is 12.4 Å². The third-order valence-electron chi connectivity index (χ3n) is 3.99. The van der Waals surface area contributed by atoms with Gasteiger partial charge in [-0.2, -0.15) is 0 Å². The molecule has 1 amide bonds. The second-order valence-corrected chi connectivity index (χ2v) is 4.98. The number of nitrogens with one attached hydrogen (secondary N) is 2. The van der Waals surface area contributed by atoms with Crippen LogP contribution in [-0.4, -0.2) is 38.2 Å². The van der Waals surface area contributed by atoms with Crippen molar-refractivity contribution in [3.63, 3.8) is 0 Å². The molecule has 3 aliphatic rings. The van der Waals surface area contributed by atoms with Crippen LogP contribution in [0.1, 0.15) is 29.8 Å². The van der Waals surface area contributed by atoms with E-state index in [1.54, 1.807) is 0 Å². The zero-order valence-electron chi connectivity index (χ0n) is 12.0. The summed E-state index contributed by atoms with van der Waals surface area (Å²) in [5.74, 6) is 0.919. The van der Waals surface area contributed by atoms with Crippen LogP contribution < -0.4 is 20.3 Å². The molecule has 1 fully saturated rings. The van der Waals surface area contributed by atoms with Gasteiger partial charge in [-0.05, 0) is 12.1 Å². The minimum absolute atomic E-state index is 0.0128. The van der Waals surface area contributed by atoms with Crippen molar-refractivity contribution in [2.75, 3.05) is 31.1 Å². The van der Waals surface area contributed by atoms with E-state index in [9.17, 15) is 4.79 Å². The van der Waals surface area contributed by atoms with Crippen LogP contribution in [0.4, 0.5) is 5.69 Å². The first-order chi connectivity index (χ1) is 9.84. The van der Waals surface area contributed by atoms with Crippen LogP contribution >= 0.6 is 0 Å². The average molecular weight is 275 g/mol. The van der Waals surface area contributed by atoms with E-state index < -0.39 is 0 Å². The molecule has 0 bridgehead atoms. The standard InChI is InChI=1S/C13H15N3O2.C2H6/c17-13-9-1-2-11-12(10(9)6-15-13)18-7-8-5-14-3-4-16(8)11;1-2/h1-2,8,14H,3-7H2,(H,15,17);1-2H3/t8-;/m0./s1. The SMILES string of the molecule is CC.O=C1NCc2c1ccc1c2OC[C@@H]2CNCCN12. The molecule has 0 unspecified atom stereocenters. The molecule has 1 saturated heterocycles. The number of ether oxygens (including phenoxy) is 1. The number of benzene rings is 1. The number of fused-ring (bicyclic) bond motifs is 5. The Morgan fingerprint density at radius 2 is 2.20 bits per heavy atom. The van der Waals surface area contributed by atoms with Gasteiger partial charge in [0.15, 0.2) is 0 Å². The van der Waals surface area contributed by atoms with Crippen LogP contribution in [-0.2, 0) is 6.54 Å². The van der Waals surface area contributed by atoms with Crippen LogP contribution in [0.3, 0.4) is 0 Å². The first-order valence-electron chi connectivity index (χ1n) is 7.39. The lowest BCUT2D eigenvalue weighted by Gasteiger charge is -2.42. The Kier molecular flexibility index (Phi) is 3.53. The molecule has 0 aromatic heterocycles. The lowest BCUT2D eigenvalue weighted by atomic mass is 10.0. The van der Waals surface area contributed by atoms with Crippen LogP contribution in [0.5, 0.6) is 5.75 Å². The fourth-order valence-corrected chi connectivity index (χ4v) is 3.06. The molecular formula is C15H21N3O2. The second kappa shape index (κ2) is 5.32. The first kappa shape index (κ1) is 13.2. The summed E-state index contributed by atoms with van der Waals surface area (Å²) >= 11 is 0. The van der Waals surface area contributed by atoms with Crippen molar-refractivity contribution < 1.29 is 9.53 Å². The Balaban J connectivity index is 0.000000581. The lowest BCUT2D eigenvalue weighted by Crippen LogP contribution is -2.55. The highest BCUT2D eigenvalue weighted by atomic mass is 16.5. The maximum atomic E-state index is 11.6. The monoisotopic (exact) mass is 275 g/mol. The summed E-state index contributed by atoms with van der Waals surface area (Å²) in [5, 5.41) is 6.24. The number of nitrogens with zero attached hydrogens (tertiary/aromatic N) is 1. The molecule has 0 saturated carbocycles. The van der Waals surface area contributed by atoms with E-state index in [0.717, 1.165) is 42.2 Å². The molecule has 0 spiro atoms. The number of rotatable bonds is 0. The first-order valence-corrected chi connectivity index (χ1v) is 7.39. The second-order valence-electron chi connectivity index (χ2n) is 4.98. The number of anilines is 1. The maximum Gasteiger partial charge on any atom is 0.252 e. The number of carbonyl (C=O) groups excluding carboxylic acids is 1. The van der Waals surface area contributed by atoms with E-state index in [-0.39, 0.29) is 5.91 Å². The summed E-state index contributed by atoms with van der Waals surface area (Å²) in [6, 6.07) is 4.36. The van der Waals surface area contributed by atoms with Crippen molar-refractivity contribution in [2.24, 2.45) is 0 Å². The van der Waals surface area contributed by atoms with Crippen LogP contribution in [0.2, 0.25) is 0 Å². The lowest BCUT2D eigenvalue weighted by molar-refractivity contribution is 0.0966. The summed E-state index contributed by atoms with van der Waals surface area (Å²) in [7, 11) is 0. The van der Waals surface area contributed by atoms with Crippen molar-refractivity contribution in [3.8, 4) is 5.75 Å². The average Bonchev–Trinajstić information content (AvgIpc) is 2.91. The van der Waals surface area contributed by atoms with E-state index in [2.05, 4.69) is 15.5 Å². The maximum absolute atomic E-state index is 11.6. The Morgan fingerprint density at radius 1 is 1.35 bits per heavy atom. The molecule has 3 heterocycles. The van der Waals surface area contributed by atoms with Gasteiger partial charge in [0, 0.05) is 37.3 Å². The van der Waals surface area contributed by atoms with Gasteiger partial charge in [0.25, 0.3) is 5.91 Å². The van der Waals surface area contributed by atoms with Crippen LogP contribution in [0.15, 0.2) is 12.1 Å². The molecule has 5 nitrogen and oxygen atoms in total. The van der Waals surface area contributed by atoms with E-state index in [1.165, 1.54) is 0 Å². The van der Waals surface area contributed by atoms with E-state index >= 15 is 0 Å². The molecule has 1 atom stereocenters. The van der Waals surface area contributed by atoms with Gasteiger partial charge in [0.05, 0.1) is 11.7 Å². The molecule has 5 heteroatoms. The van der Waals surface area contributed by atoms with E-state index in [1.807, 2.05) is 26.0 Å². The number of piperazine rings is 1. The number of hydrogen-bond acceptors (Lipinski definition) is 4. The zero-order valence-corrected chi connectivity index (χ0v) is 12.0. The Hall–Kier alpha value is -1.75. The molecule has 1 aromatic rings. The largest absolute Gasteiger partial charge is 0.489 e. The van der Waals surface area contributed by atoms with Gasteiger partial charge in [-0.25, -0.2) is 0 Å². The minimum Gasteiger partial charge on any atom is -0.489 e. The van der Waals surface area contributed by atoms with Crippen molar-refractivity contribution >= 4 is 11.6 Å². The highest BCUT2D eigenvalue weighted by Crippen LogP contribution is 2.40. The fourth-order valence-electron chi connectivity index (χ4n) is 3.06. The Bertz CT molecular complexity index is 530. The molecule has 2 N–H and O–H groups in total. The van der Waals surface area contributed by atoms with Gasteiger partial charge in [-0.1, -0.05) is 13.8 Å². The quantitative estimate of drug-likeness (QED) is 0.745. The highest BCUT2D eigenvalue weighted by molar-refractivity contribution is 6.00. The predicted octanol–water partition coefficient (Wildman–Crippen LogP) is 1.13. The number of amides is 1. The summed E-state index contributed by atoms with van der Waals surface area (Å²) in [5.41, 5.74) is 2.93. The van der Waals surface area contributed by atoms with Gasteiger partial charge in [-0.3, -0.25) is 4.79 Å². The third kappa shape index (κ3) is 1.93. The molecular weight excluding hydrogens is 254 g/mol. The zero-order chi connectivity index (χ0) is 14.1. The van der Waals surface area contributed by atoms with Crippen molar-refractivity contribution in [3.05, 3.63) is 23.3 Å². The molecule has 4 rings (SSSR count). The van der Waals surface area contributed by atoms with Crippen molar-refractivity contribution in [1.29, 1.82) is 0 Å². The summed E-state index contributed by atoms with van der Waals surface area (Å²) in [4.78, 5) is 14.0. The Morgan fingerprint density at radius 3 is 3.05 bits per heavy atom. The van der Waals surface area contributed by atoms with E-state index in [0.29, 0.717) is 19.2 Å². The normalized spacial score (nSPS) is 22.6. The Labute approximate surface area is 119 Å². The predicted molar refractivity (Wildman–Crippen MR) is 78.5 cm³/mol. The minimum atomic E-state index is 0.0128. The van der Waals surface area contributed by atoms with Gasteiger partial charge in [-0.15, -0.1) is 0 Å². The molecule has 0 radical (unpaired) electrons. The summed E-state index contributed by atoms with van der Waals surface area (Å²) < 4.78 is 5.91. The topological polar surface area (TPSA) is 53.6 Å². The molecule has 1 aromatic carbocycles. The van der Waals surface area contributed by atoms with Gasteiger partial charge in [0.2, 0.25) is 0 Å². The van der Waals surface area contributed by atoms with E-state index in [4.69, 9.17) is 4.74 Å². The fraction of sp³-hybridized carbons (Fsp3) is 0.533. The molecule has 20 heavy (non-hydrogen) atoms. The smallest absolute Gasteiger partial charge is 0.252 e. The van der Waals surface area contributed by atoms with Crippen molar-refractivity contribution in [2.45, 2.75) is 26.4 Å². The number of carbonyl (C=O) groups is 1. The third-order valence-corrected chi connectivity index (χ3v) is 3.99. The van der Waals surface area contributed by atoms with Gasteiger partial charge < -0.3 is 20.3 Å². The van der Waals surface area contributed by atoms with Crippen molar-refractivity contribution in [1.82, 2.24) is 10.6 Å². The number of hydrogen-bond donors (Lipinski definition) is 2. The molecule has 108 valence electrons. The molecule has 3 aliphatic heterocycles. The van der Waals surface area contributed by atoms with Crippen LogP contribution in [0.25, 0.3) is 0 Å². The highest BCUT2D eigenvalue weighted by Gasteiger charge is 2.34.